The third-order valence-electron chi connectivity index (χ3n) is 3.95. The van der Waals surface area contributed by atoms with E-state index >= 15 is 0 Å². The van der Waals surface area contributed by atoms with Gasteiger partial charge in [0.25, 0.3) is 0 Å². The van der Waals surface area contributed by atoms with Crippen LogP contribution in [-0.4, -0.2) is 23.4 Å². The van der Waals surface area contributed by atoms with Crippen molar-refractivity contribution >= 4 is 6.08 Å². The molecule has 2 rings (SSSR count). The van der Waals surface area contributed by atoms with E-state index in [1.54, 1.807) is 6.07 Å². The van der Waals surface area contributed by atoms with Crippen LogP contribution >= 0.6 is 0 Å². The topological polar surface area (TPSA) is 49.7 Å². The molecule has 1 fully saturated rings. The molecular weight excluding hydrogens is 252 g/mol. The fourth-order valence-corrected chi connectivity index (χ4v) is 2.87. The Morgan fingerprint density at radius 1 is 1.30 bits per heavy atom. The fourth-order valence-electron chi connectivity index (χ4n) is 2.87. The Labute approximate surface area is 120 Å². The summed E-state index contributed by atoms with van der Waals surface area (Å²) in [6, 6.07) is 5.33. The van der Waals surface area contributed by atoms with E-state index in [1.807, 2.05) is 25.1 Å². The van der Waals surface area contributed by atoms with E-state index in [0.717, 1.165) is 11.1 Å². The van der Waals surface area contributed by atoms with Crippen molar-refractivity contribution in [2.24, 2.45) is 5.92 Å². The first-order valence-electron chi connectivity index (χ1n) is 7.51. The van der Waals surface area contributed by atoms with Crippen LogP contribution < -0.4 is 4.74 Å². The lowest BCUT2D eigenvalue weighted by atomic mass is 9.83. The van der Waals surface area contributed by atoms with E-state index in [2.05, 4.69) is 0 Å². The summed E-state index contributed by atoms with van der Waals surface area (Å²) < 4.78 is 5.40. The summed E-state index contributed by atoms with van der Waals surface area (Å²) in [5.74, 6) is 1.16. The van der Waals surface area contributed by atoms with E-state index < -0.39 is 0 Å². The number of ether oxygens (including phenoxy) is 1. The lowest BCUT2D eigenvalue weighted by Crippen LogP contribution is -2.11. The molecule has 0 aliphatic heterocycles. The molecule has 0 saturated heterocycles. The van der Waals surface area contributed by atoms with Crippen LogP contribution in [0.3, 0.4) is 0 Å². The standard InChI is InChI=1S/C17H24O3/c1-2-20-17-11-13(8-9-16(17)19)10-15(12-18)14-6-4-3-5-7-14/h8-11,14,18-19H,2-7,12H2,1H3/b15-10-. The Kier molecular flexibility index (Phi) is 5.48. The minimum atomic E-state index is 0.107. The van der Waals surface area contributed by atoms with Crippen molar-refractivity contribution in [3.8, 4) is 11.5 Å². The zero-order valence-corrected chi connectivity index (χ0v) is 12.1. The maximum atomic E-state index is 9.71. The molecule has 0 radical (unpaired) electrons. The SMILES string of the molecule is CCOc1cc(/C=C(/CO)C2CCCCC2)ccc1O. The second-order valence-corrected chi connectivity index (χ2v) is 5.37. The van der Waals surface area contributed by atoms with Crippen LogP contribution in [-0.2, 0) is 0 Å². The van der Waals surface area contributed by atoms with E-state index in [1.165, 1.54) is 32.1 Å². The molecule has 0 bridgehead atoms. The maximum Gasteiger partial charge on any atom is 0.161 e. The van der Waals surface area contributed by atoms with Gasteiger partial charge in [-0.1, -0.05) is 31.4 Å². The van der Waals surface area contributed by atoms with Crippen LogP contribution in [0.2, 0.25) is 0 Å². The first-order chi connectivity index (χ1) is 9.74. The smallest absolute Gasteiger partial charge is 0.161 e. The van der Waals surface area contributed by atoms with Gasteiger partial charge in [0.1, 0.15) is 0 Å². The molecule has 0 atom stereocenters. The highest BCUT2D eigenvalue weighted by Gasteiger charge is 2.17. The minimum Gasteiger partial charge on any atom is -0.504 e. The van der Waals surface area contributed by atoms with Crippen molar-refractivity contribution in [2.45, 2.75) is 39.0 Å². The first-order valence-corrected chi connectivity index (χ1v) is 7.51. The fraction of sp³-hybridized carbons (Fsp3) is 0.529. The lowest BCUT2D eigenvalue weighted by Gasteiger charge is -2.23. The van der Waals surface area contributed by atoms with Gasteiger partial charge in [-0.3, -0.25) is 0 Å². The van der Waals surface area contributed by atoms with Gasteiger partial charge in [0.2, 0.25) is 0 Å². The largest absolute Gasteiger partial charge is 0.504 e. The second kappa shape index (κ2) is 7.34. The number of hydrogen-bond acceptors (Lipinski definition) is 3. The van der Waals surface area contributed by atoms with Crippen molar-refractivity contribution < 1.29 is 14.9 Å². The average molecular weight is 276 g/mol. The minimum absolute atomic E-state index is 0.107. The molecule has 0 spiro atoms. The van der Waals surface area contributed by atoms with Crippen molar-refractivity contribution in [1.29, 1.82) is 0 Å². The quantitative estimate of drug-likeness (QED) is 0.861. The highest BCUT2D eigenvalue weighted by molar-refractivity contribution is 5.58. The molecule has 3 heteroatoms. The summed E-state index contributed by atoms with van der Waals surface area (Å²) in [4.78, 5) is 0. The van der Waals surface area contributed by atoms with Crippen LogP contribution in [0.15, 0.2) is 23.8 Å². The van der Waals surface area contributed by atoms with Crippen LogP contribution in [0.4, 0.5) is 0 Å². The molecular formula is C17H24O3. The number of hydrogen-bond donors (Lipinski definition) is 2. The summed E-state index contributed by atoms with van der Waals surface area (Å²) in [5, 5.41) is 19.3. The number of aliphatic hydroxyl groups is 1. The van der Waals surface area contributed by atoms with Crippen LogP contribution in [0.1, 0.15) is 44.6 Å². The molecule has 1 aromatic rings. The van der Waals surface area contributed by atoms with E-state index in [-0.39, 0.29) is 12.4 Å². The summed E-state index contributed by atoms with van der Waals surface area (Å²) in [5.41, 5.74) is 2.07. The van der Waals surface area contributed by atoms with Gasteiger partial charge in [-0.25, -0.2) is 0 Å². The van der Waals surface area contributed by atoms with Gasteiger partial charge in [-0.15, -0.1) is 0 Å². The monoisotopic (exact) mass is 276 g/mol. The molecule has 0 unspecified atom stereocenters. The third kappa shape index (κ3) is 3.76. The molecule has 20 heavy (non-hydrogen) atoms. The summed E-state index contributed by atoms with van der Waals surface area (Å²) in [6.07, 6.45) is 8.19. The normalized spacial score (nSPS) is 17.2. The maximum absolute atomic E-state index is 9.71. The summed E-state index contributed by atoms with van der Waals surface area (Å²) >= 11 is 0. The molecule has 110 valence electrons. The van der Waals surface area contributed by atoms with Crippen molar-refractivity contribution in [3.05, 3.63) is 29.3 Å². The van der Waals surface area contributed by atoms with Crippen LogP contribution in [0.5, 0.6) is 11.5 Å². The predicted molar refractivity (Wildman–Crippen MR) is 80.9 cm³/mol. The predicted octanol–water partition coefficient (Wildman–Crippen LogP) is 3.75. The number of aromatic hydroxyl groups is 1. The van der Waals surface area contributed by atoms with E-state index in [0.29, 0.717) is 18.3 Å². The van der Waals surface area contributed by atoms with Gasteiger partial charge in [0.15, 0.2) is 11.5 Å². The molecule has 1 saturated carbocycles. The Balaban J connectivity index is 2.20. The molecule has 1 aromatic carbocycles. The van der Waals surface area contributed by atoms with Gasteiger partial charge in [-0.05, 0) is 49.0 Å². The molecule has 1 aliphatic carbocycles. The first kappa shape index (κ1) is 14.9. The second-order valence-electron chi connectivity index (χ2n) is 5.37. The number of phenolic OH excluding ortho intramolecular Hbond substituents is 1. The molecule has 0 aromatic heterocycles. The summed E-state index contributed by atoms with van der Waals surface area (Å²) in [6.45, 7) is 2.52. The zero-order chi connectivity index (χ0) is 14.4. The summed E-state index contributed by atoms with van der Waals surface area (Å²) in [7, 11) is 0. The van der Waals surface area contributed by atoms with Crippen molar-refractivity contribution in [3.63, 3.8) is 0 Å². The van der Waals surface area contributed by atoms with Gasteiger partial charge in [0.05, 0.1) is 13.2 Å². The molecule has 2 N–H and O–H groups in total. The van der Waals surface area contributed by atoms with Gasteiger partial charge < -0.3 is 14.9 Å². The lowest BCUT2D eigenvalue weighted by molar-refractivity contribution is 0.295. The van der Waals surface area contributed by atoms with Gasteiger partial charge >= 0.3 is 0 Å². The van der Waals surface area contributed by atoms with E-state index in [9.17, 15) is 10.2 Å². The Bertz CT molecular complexity index is 459. The number of benzene rings is 1. The molecule has 3 nitrogen and oxygen atoms in total. The molecule has 0 heterocycles. The van der Waals surface area contributed by atoms with Gasteiger partial charge in [0, 0.05) is 0 Å². The van der Waals surface area contributed by atoms with Crippen molar-refractivity contribution in [1.82, 2.24) is 0 Å². The zero-order valence-electron chi connectivity index (χ0n) is 12.1. The van der Waals surface area contributed by atoms with Crippen LogP contribution in [0.25, 0.3) is 6.08 Å². The number of phenols is 1. The Hall–Kier alpha value is -1.48. The van der Waals surface area contributed by atoms with E-state index in [4.69, 9.17) is 4.74 Å². The highest BCUT2D eigenvalue weighted by Crippen LogP contribution is 2.32. The van der Waals surface area contributed by atoms with Gasteiger partial charge in [-0.2, -0.15) is 0 Å². The third-order valence-corrected chi connectivity index (χ3v) is 3.95. The number of aliphatic hydroxyl groups excluding tert-OH is 1. The Morgan fingerprint density at radius 3 is 2.70 bits per heavy atom. The highest BCUT2D eigenvalue weighted by atomic mass is 16.5. The number of rotatable bonds is 5. The van der Waals surface area contributed by atoms with Crippen molar-refractivity contribution in [2.75, 3.05) is 13.2 Å². The molecule has 0 amide bonds. The molecule has 1 aliphatic rings. The Morgan fingerprint density at radius 2 is 2.05 bits per heavy atom. The average Bonchev–Trinajstić information content (AvgIpc) is 2.49. The van der Waals surface area contributed by atoms with Crippen LogP contribution in [0, 0.1) is 5.92 Å².